The second kappa shape index (κ2) is 10.2. The van der Waals surface area contributed by atoms with Crippen LogP contribution in [0.15, 0.2) is 36.4 Å². The first-order valence-electron chi connectivity index (χ1n) is 9.04. The monoisotopic (exact) mass is 390 g/mol. The first-order chi connectivity index (χ1) is 13.0. The average molecular weight is 391 g/mol. The van der Waals surface area contributed by atoms with E-state index >= 15 is 0 Å². The fraction of sp³-hybridized carbons (Fsp3) is 0.381. The highest BCUT2D eigenvalue weighted by molar-refractivity contribution is 6.31. The molecule has 1 N–H and O–H groups in total. The predicted octanol–water partition coefficient (Wildman–Crippen LogP) is 4.52. The number of hydrogen-bond acceptors (Lipinski definition) is 4. The van der Waals surface area contributed by atoms with Gasteiger partial charge in [-0.3, -0.25) is 9.69 Å². The third-order valence-electron chi connectivity index (χ3n) is 4.20. The molecule has 0 aliphatic rings. The zero-order valence-electron chi connectivity index (χ0n) is 16.3. The smallest absolute Gasteiger partial charge is 0.238 e. The molecule has 0 aliphatic carbocycles. The number of carbonyl (C=O) groups excluding carboxylic acids is 1. The minimum absolute atomic E-state index is 0.0744. The second-order valence-electron chi connectivity index (χ2n) is 6.23. The number of anilines is 1. The number of ether oxygens (including phenoxy) is 2. The minimum atomic E-state index is -0.0744. The highest BCUT2D eigenvalue weighted by Gasteiger charge is 2.12. The molecular weight excluding hydrogens is 364 g/mol. The van der Waals surface area contributed by atoms with Crippen molar-refractivity contribution in [2.45, 2.75) is 27.3 Å². The summed E-state index contributed by atoms with van der Waals surface area (Å²) >= 11 is 6.12. The lowest BCUT2D eigenvalue weighted by Crippen LogP contribution is -2.32. The number of halogens is 1. The van der Waals surface area contributed by atoms with Gasteiger partial charge in [0.05, 0.1) is 20.3 Å². The van der Waals surface area contributed by atoms with Gasteiger partial charge in [0.1, 0.15) is 0 Å². The molecule has 2 aromatic carbocycles. The molecule has 0 atom stereocenters. The minimum Gasteiger partial charge on any atom is -0.493 e. The number of nitrogens with zero attached hydrogens (tertiary/aromatic N) is 1. The molecule has 0 saturated carbocycles. The zero-order valence-corrected chi connectivity index (χ0v) is 17.1. The van der Waals surface area contributed by atoms with Gasteiger partial charge in [0.25, 0.3) is 0 Å². The molecule has 146 valence electrons. The number of amides is 1. The summed E-state index contributed by atoms with van der Waals surface area (Å²) in [4.78, 5) is 14.4. The van der Waals surface area contributed by atoms with E-state index in [4.69, 9.17) is 21.1 Å². The fourth-order valence-corrected chi connectivity index (χ4v) is 2.88. The van der Waals surface area contributed by atoms with Crippen LogP contribution in [0, 0.1) is 6.92 Å². The van der Waals surface area contributed by atoms with E-state index in [1.807, 2.05) is 51.1 Å². The van der Waals surface area contributed by atoms with Gasteiger partial charge in [0, 0.05) is 17.3 Å². The zero-order chi connectivity index (χ0) is 19.8. The van der Waals surface area contributed by atoms with Crippen LogP contribution >= 0.6 is 11.6 Å². The summed E-state index contributed by atoms with van der Waals surface area (Å²) in [6, 6.07) is 11.4. The number of carbonyl (C=O) groups is 1. The molecule has 1 amide bonds. The molecule has 0 saturated heterocycles. The Kier molecular flexibility index (Phi) is 7.95. The highest BCUT2D eigenvalue weighted by atomic mass is 35.5. The molecule has 5 nitrogen and oxygen atoms in total. The molecule has 0 heterocycles. The van der Waals surface area contributed by atoms with Crippen LogP contribution in [-0.4, -0.2) is 37.6 Å². The molecule has 0 fully saturated rings. The lowest BCUT2D eigenvalue weighted by Gasteiger charge is -2.21. The molecular formula is C21H27ClN2O3. The predicted molar refractivity (Wildman–Crippen MR) is 110 cm³/mol. The molecule has 2 aromatic rings. The largest absolute Gasteiger partial charge is 0.493 e. The molecule has 0 radical (unpaired) electrons. The number of likely N-dealkylation sites (N-methyl/N-ethyl adjacent to an activating group) is 1. The molecule has 0 bridgehead atoms. The Balaban J connectivity index is 2.00. The summed E-state index contributed by atoms with van der Waals surface area (Å²) in [5.41, 5.74) is 2.74. The topological polar surface area (TPSA) is 50.8 Å². The molecule has 27 heavy (non-hydrogen) atoms. The lowest BCUT2D eigenvalue weighted by atomic mass is 10.2. The van der Waals surface area contributed by atoms with E-state index < -0.39 is 0 Å². The van der Waals surface area contributed by atoms with Gasteiger partial charge >= 0.3 is 0 Å². The van der Waals surface area contributed by atoms with Gasteiger partial charge in [0.2, 0.25) is 5.91 Å². The van der Waals surface area contributed by atoms with E-state index in [1.54, 1.807) is 13.2 Å². The third kappa shape index (κ3) is 6.15. The van der Waals surface area contributed by atoms with E-state index in [9.17, 15) is 4.79 Å². The van der Waals surface area contributed by atoms with Crippen molar-refractivity contribution < 1.29 is 14.3 Å². The van der Waals surface area contributed by atoms with Crippen molar-refractivity contribution >= 4 is 23.2 Å². The summed E-state index contributed by atoms with van der Waals surface area (Å²) in [5, 5.41) is 3.54. The van der Waals surface area contributed by atoms with Gasteiger partial charge in [-0.25, -0.2) is 0 Å². The molecule has 0 spiro atoms. The van der Waals surface area contributed by atoms with Crippen LogP contribution < -0.4 is 14.8 Å². The number of aryl methyl sites for hydroxylation is 1. The van der Waals surface area contributed by atoms with Crippen LogP contribution in [0.4, 0.5) is 5.69 Å². The number of benzene rings is 2. The van der Waals surface area contributed by atoms with E-state index in [1.165, 1.54) is 0 Å². The Hall–Kier alpha value is -2.24. The van der Waals surface area contributed by atoms with Gasteiger partial charge in [-0.15, -0.1) is 0 Å². The number of hydrogen-bond donors (Lipinski definition) is 1. The normalized spacial score (nSPS) is 10.7. The van der Waals surface area contributed by atoms with E-state index in [0.29, 0.717) is 29.6 Å². The van der Waals surface area contributed by atoms with Crippen LogP contribution in [0.3, 0.4) is 0 Å². The van der Waals surface area contributed by atoms with Crippen LogP contribution in [-0.2, 0) is 11.3 Å². The van der Waals surface area contributed by atoms with Gasteiger partial charge in [-0.1, -0.05) is 30.7 Å². The Labute approximate surface area is 166 Å². The molecule has 0 unspecified atom stereocenters. The maximum Gasteiger partial charge on any atom is 0.238 e. The average Bonchev–Trinajstić information content (AvgIpc) is 2.65. The van der Waals surface area contributed by atoms with Gasteiger partial charge in [-0.05, 0) is 55.8 Å². The Morgan fingerprint density at radius 1 is 1.15 bits per heavy atom. The summed E-state index contributed by atoms with van der Waals surface area (Å²) in [6.07, 6.45) is 0. The Morgan fingerprint density at radius 2 is 1.93 bits per heavy atom. The van der Waals surface area contributed by atoms with Gasteiger partial charge in [0.15, 0.2) is 11.5 Å². The highest BCUT2D eigenvalue weighted by Crippen LogP contribution is 2.28. The van der Waals surface area contributed by atoms with Crippen molar-refractivity contribution in [1.29, 1.82) is 0 Å². The lowest BCUT2D eigenvalue weighted by molar-refractivity contribution is -0.117. The number of nitrogens with one attached hydrogen (secondary N) is 1. The molecule has 6 heteroatoms. The quantitative estimate of drug-likeness (QED) is 0.684. The van der Waals surface area contributed by atoms with Gasteiger partial charge < -0.3 is 14.8 Å². The molecule has 2 rings (SSSR count). The summed E-state index contributed by atoms with van der Waals surface area (Å²) in [6.45, 7) is 8.15. The Bertz CT molecular complexity index is 780. The van der Waals surface area contributed by atoms with Crippen molar-refractivity contribution in [2.24, 2.45) is 0 Å². The SMILES string of the molecule is CCOc1ccc(CN(CC)CC(=O)Nc2ccc(C)c(Cl)c2)cc1OC. The van der Waals surface area contributed by atoms with Crippen LogP contribution in [0.5, 0.6) is 11.5 Å². The van der Waals surface area contributed by atoms with Crippen molar-refractivity contribution in [3.8, 4) is 11.5 Å². The third-order valence-corrected chi connectivity index (χ3v) is 4.61. The number of methoxy groups -OCH3 is 1. The standard InChI is InChI=1S/C21H27ClN2O3/c1-5-24(13-16-8-10-19(27-6-2)20(11-16)26-4)14-21(25)23-17-9-7-15(3)18(22)12-17/h7-12H,5-6,13-14H2,1-4H3,(H,23,25). The maximum atomic E-state index is 12.4. The van der Waals surface area contributed by atoms with Gasteiger partial charge in [-0.2, -0.15) is 0 Å². The van der Waals surface area contributed by atoms with Crippen molar-refractivity contribution in [3.05, 3.63) is 52.5 Å². The molecule has 0 aromatic heterocycles. The Morgan fingerprint density at radius 3 is 2.56 bits per heavy atom. The number of rotatable bonds is 9. The van der Waals surface area contributed by atoms with E-state index in [2.05, 4.69) is 10.2 Å². The van der Waals surface area contributed by atoms with Crippen molar-refractivity contribution in [2.75, 3.05) is 32.1 Å². The molecule has 0 aliphatic heterocycles. The fourth-order valence-electron chi connectivity index (χ4n) is 2.70. The maximum absolute atomic E-state index is 12.4. The van der Waals surface area contributed by atoms with E-state index in [0.717, 1.165) is 23.4 Å². The van der Waals surface area contributed by atoms with Crippen LogP contribution in [0.2, 0.25) is 5.02 Å². The first kappa shape index (κ1) is 21.1. The summed E-state index contributed by atoms with van der Waals surface area (Å²) in [5.74, 6) is 1.35. The summed E-state index contributed by atoms with van der Waals surface area (Å²) < 4.78 is 10.9. The van der Waals surface area contributed by atoms with Crippen molar-refractivity contribution in [1.82, 2.24) is 4.90 Å². The van der Waals surface area contributed by atoms with Crippen molar-refractivity contribution in [3.63, 3.8) is 0 Å². The first-order valence-corrected chi connectivity index (χ1v) is 9.42. The van der Waals surface area contributed by atoms with E-state index in [-0.39, 0.29) is 12.5 Å². The summed E-state index contributed by atoms with van der Waals surface area (Å²) in [7, 11) is 1.62. The van der Waals surface area contributed by atoms with Crippen LogP contribution in [0.1, 0.15) is 25.0 Å². The van der Waals surface area contributed by atoms with Crippen LogP contribution in [0.25, 0.3) is 0 Å². The second-order valence-corrected chi connectivity index (χ2v) is 6.64.